The first-order valence-electron chi connectivity index (χ1n) is 5.53. The Labute approximate surface area is 109 Å². The van der Waals surface area contributed by atoms with Crippen molar-refractivity contribution in [3.8, 4) is 0 Å². The Morgan fingerprint density at radius 2 is 1.72 bits per heavy atom. The molecule has 0 radical (unpaired) electrons. The number of carbonyl (C=O) groups is 1. The molecule has 1 heterocycles. The Morgan fingerprint density at radius 3 is 2.44 bits per heavy atom. The number of furan rings is 1. The third-order valence-electron chi connectivity index (χ3n) is 2.86. The second-order valence-corrected chi connectivity index (χ2v) is 4.35. The highest BCUT2D eigenvalue weighted by molar-refractivity contribution is 6.36. The number of hydrogen-bond donors (Lipinski definition) is 0. The number of rotatable bonds is 2. The van der Waals surface area contributed by atoms with Crippen molar-refractivity contribution >= 4 is 28.2 Å². The van der Waals surface area contributed by atoms with Gasteiger partial charge in [0.15, 0.2) is 5.76 Å². The maximum absolute atomic E-state index is 12.3. The molecule has 0 saturated carbocycles. The molecule has 0 unspecified atom stereocenters. The normalized spacial score (nSPS) is 10.7. The molecule has 1 aromatic heterocycles. The van der Waals surface area contributed by atoms with Gasteiger partial charge in [0, 0.05) is 16.0 Å². The van der Waals surface area contributed by atoms with Crippen LogP contribution in [-0.4, -0.2) is 5.78 Å². The molecule has 0 atom stereocenters. The van der Waals surface area contributed by atoms with Crippen LogP contribution in [0.2, 0.25) is 5.02 Å². The number of hydrogen-bond acceptors (Lipinski definition) is 2. The lowest BCUT2D eigenvalue weighted by molar-refractivity contribution is 0.101. The molecule has 0 aliphatic carbocycles. The van der Waals surface area contributed by atoms with Crippen molar-refractivity contribution in [2.75, 3.05) is 0 Å². The molecule has 0 amide bonds. The Balaban J connectivity index is 2.25. The van der Waals surface area contributed by atoms with Crippen molar-refractivity contribution < 1.29 is 9.21 Å². The SMILES string of the molecule is O=C(c1ccco1)c1ccc(Cl)c2ccccc12. The number of halogens is 1. The van der Waals surface area contributed by atoms with Crippen molar-refractivity contribution in [2.24, 2.45) is 0 Å². The van der Waals surface area contributed by atoms with E-state index in [2.05, 4.69) is 0 Å². The van der Waals surface area contributed by atoms with E-state index in [0.29, 0.717) is 16.3 Å². The average Bonchev–Trinajstić information content (AvgIpc) is 2.93. The molecule has 2 aromatic carbocycles. The van der Waals surface area contributed by atoms with Gasteiger partial charge < -0.3 is 4.42 Å². The zero-order chi connectivity index (χ0) is 12.5. The fourth-order valence-corrected chi connectivity index (χ4v) is 2.23. The van der Waals surface area contributed by atoms with E-state index in [-0.39, 0.29) is 5.78 Å². The second kappa shape index (κ2) is 4.31. The van der Waals surface area contributed by atoms with Crippen LogP contribution in [0.5, 0.6) is 0 Å². The largest absolute Gasteiger partial charge is 0.461 e. The minimum absolute atomic E-state index is 0.132. The van der Waals surface area contributed by atoms with Crippen LogP contribution in [-0.2, 0) is 0 Å². The van der Waals surface area contributed by atoms with Gasteiger partial charge in [-0.25, -0.2) is 0 Å². The highest BCUT2D eigenvalue weighted by atomic mass is 35.5. The molecular weight excluding hydrogens is 248 g/mol. The van der Waals surface area contributed by atoms with E-state index in [0.717, 1.165) is 10.8 Å². The van der Waals surface area contributed by atoms with Gasteiger partial charge in [-0.05, 0) is 29.7 Å². The molecule has 3 rings (SSSR count). The van der Waals surface area contributed by atoms with Gasteiger partial charge in [0.2, 0.25) is 5.78 Å². The van der Waals surface area contributed by atoms with E-state index in [1.54, 1.807) is 24.3 Å². The molecular formula is C15H9ClO2. The molecule has 0 saturated heterocycles. The minimum atomic E-state index is -0.132. The molecule has 2 nitrogen and oxygen atoms in total. The summed E-state index contributed by atoms with van der Waals surface area (Å²) in [5.74, 6) is 0.204. The molecule has 0 fully saturated rings. The second-order valence-electron chi connectivity index (χ2n) is 3.95. The van der Waals surface area contributed by atoms with E-state index in [4.69, 9.17) is 16.0 Å². The molecule has 0 aliphatic heterocycles. The van der Waals surface area contributed by atoms with Gasteiger partial charge in [-0.2, -0.15) is 0 Å². The van der Waals surface area contributed by atoms with Crippen LogP contribution < -0.4 is 0 Å². The first-order chi connectivity index (χ1) is 8.77. The van der Waals surface area contributed by atoms with Crippen molar-refractivity contribution in [1.82, 2.24) is 0 Å². The van der Waals surface area contributed by atoms with Crippen molar-refractivity contribution in [1.29, 1.82) is 0 Å². The average molecular weight is 257 g/mol. The lowest BCUT2D eigenvalue weighted by Gasteiger charge is -2.05. The third-order valence-corrected chi connectivity index (χ3v) is 3.19. The van der Waals surface area contributed by atoms with E-state index in [1.165, 1.54) is 6.26 Å². The molecule has 0 aliphatic rings. The fraction of sp³-hybridized carbons (Fsp3) is 0. The van der Waals surface area contributed by atoms with E-state index in [1.807, 2.05) is 24.3 Å². The summed E-state index contributed by atoms with van der Waals surface area (Å²) in [5.41, 5.74) is 0.602. The van der Waals surface area contributed by atoms with Crippen LogP contribution in [0.4, 0.5) is 0 Å². The van der Waals surface area contributed by atoms with Crippen LogP contribution in [0.25, 0.3) is 10.8 Å². The highest BCUT2D eigenvalue weighted by Crippen LogP contribution is 2.27. The molecule has 3 heteroatoms. The van der Waals surface area contributed by atoms with Gasteiger partial charge in [0.05, 0.1) is 6.26 Å². The number of carbonyl (C=O) groups excluding carboxylic acids is 1. The summed E-state index contributed by atoms with van der Waals surface area (Å²) in [7, 11) is 0. The fourth-order valence-electron chi connectivity index (χ4n) is 2.00. The van der Waals surface area contributed by atoms with Crippen molar-refractivity contribution in [3.05, 3.63) is 71.1 Å². The minimum Gasteiger partial charge on any atom is -0.461 e. The standard InChI is InChI=1S/C15H9ClO2/c16-13-8-7-12(10-4-1-2-5-11(10)13)15(17)14-6-3-9-18-14/h1-9H. The Bertz CT molecular complexity index is 714. The maximum Gasteiger partial charge on any atom is 0.228 e. The molecule has 0 N–H and O–H groups in total. The maximum atomic E-state index is 12.3. The Kier molecular flexibility index (Phi) is 2.65. The summed E-state index contributed by atoms with van der Waals surface area (Å²) in [5, 5.41) is 2.35. The number of benzene rings is 2. The van der Waals surface area contributed by atoms with Crippen LogP contribution in [0.15, 0.2) is 59.2 Å². The molecule has 18 heavy (non-hydrogen) atoms. The summed E-state index contributed by atoms with van der Waals surface area (Å²) in [6.07, 6.45) is 1.49. The number of fused-ring (bicyclic) bond motifs is 1. The van der Waals surface area contributed by atoms with Crippen molar-refractivity contribution in [2.45, 2.75) is 0 Å². The lowest BCUT2D eigenvalue weighted by atomic mass is 10.0. The Hall–Kier alpha value is -2.06. The first-order valence-corrected chi connectivity index (χ1v) is 5.90. The first kappa shape index (κ1) is 11.1. The van der Waals surface area contributed by atoms with Gasteiger partial charge in [0.25, 0.3) is 0 Å². The number of ketones is 1. The van der Waals surface area contributed by atoms with Crippen LogP contribution in [0.3, 0.4) is 0 Å². The summed E-state index contributed by atoms with van der Waals surface area (Å²) in [6, 6.07) is 14.4. The molecule has 0 spiro atoms. The quantitative estimate of drug-likeness (QED) is 0.639. The predicted molar refractivity (Wildman–Crippen MR) is 71.1 cm³/mol. The van der Waals surface area contributed by atoms with Gasteiger partial charge in [0.1, 0.15) is 0 Å². The van der Waals surface area contributed by atoms with Gasteiger partial charge >= 0.3 is 0 Å². The predicted octanol–water partition coefficient (Wildman–Crippen LogP) is 4.32. The summed E-state index contributed by atoms with van der Waals surface area (Å²) < 4.78 is 5.15. The summed E-state index contributed by atoms with van der Waals surface area (Å²) >= 11 is 6.12. The lowest BCUT2D eigenvalue weighted by Crippen LogP contribution is -2.00. The van der Waals surface area contributed by atoms with E-state index >= 15 is 0 Å². The summed E-state index contributed by atoms with van der Waals surface area (Å²) in [4.78, 5) is 12.3. The highest BCUT2D eigenvalue weighted by Gasteiger charge is 2.15. The van der Waals surface area contributed by atoms with Gasteiger partial charge in [-0.15, -0.1) is 0 Å². The topological polar surface area (TPSA) is 30.2 Å². The van der Waals surface area contributed by atoms with Gasteiger partial charge in [-0.1, -0.05) is 35.9 Å². The van der Waals surface area contributed by atoms with Crippen molar-refractivity contribution in [3.63, 3.8) is 0 Å². The summed E-state index contributed by atoms with van der Waals surface area (Å²) in [6.45, 7) is 0. The zero-order valence-electron chi connectivity index (χ0n) is 9.39. The monoisotopic (exact) mass is 256 g/mol. The molecule has 88 valence electrons. The van der Waals surface area contributed by atoms with E-state index in [9.17, 15) is 4.79 Å². The van der Waals surface area contributed by atoms with Gasteiger partial charge in [-0.3, -0.25) is 4.79 Å². The molecule has 0 bridgehead atoms. The third kappa shape index (κ3) is 1.71. The smallest absolute Gasteiger partial charge is 0.228 e. The van der Waals surface area contributed by atoms with E-state index < -0.39 is 0 Å². The Morgan fingerprint density at radius 1 is 0.944 bits per heavy atom. The molecule has 3 aromatic rings. The zero-order valence-corrected chi connectivity index (χ0v) is 10.1. The van der Waals surface area contributed by atoms with Crippen LogP contribution in [0.1, 0.15) is 16.1 Å². The van der Waals surface area contributed by atoms with Crippen LogP contribution in [0, 0.1) is 0 Å². The van der Waals surface area contributed by atoms with Crippen LogP contribution >= 0.6 is 11.6 Å².